The van der Waals surface area contributed by atoms with Crippen molar-refractivity contribution in [3.63, 3.8) is 0 Å². The highest BCUT2D eigenvalue weighted by atomic mass is 19.4. The molecule has 1 saturated heterocycles. The second-order valence-electron chi connectivity index (χ2n) is 8.68. The lowest BCUT2D eigenvalue weighted by Crippen LogP contribution is -2.62. The highest BCUT2D eigenvalue weighted by Crippen LogP contribution is 2.32. The summed E-state index contributed by atoms with van der Waals surface area (Å²) < 4.78 is 44.4. The average Bonchev–Trinajstić information content (AvgIpc) is 2.82. The fraction of sp³-hybridized carbons (Fsp3) is 0.520. The van der Waals surface area contributed by atoms with Gasteiger partial charge < -0.3 is 25.2 Å². The SMILES string of the molecule is OC[C@@H]1[C@@H](O)[C@H](O)[C@@H](O)CN1CCCCCOCc1ccc(-c2cccc(C(F)(F)F)c2)cc1. The van der Waals surface area contributed by atoms with Crippen LogP contribution in [0.25, 0.3) is 11.1 Å². The van der Waals surface area contributed by atoms with Crippen molar-refractivity contribution >= 4 is 0 Å². The second-order valence-corrected chi connectivity index (χ2v) is 8.68. The van der Waals surface area contributed by atoms with Crippen LogP contribution in [0.15, 0.2) is 48.5 Å². The van der Waals surface area contributed by atoms with Crippen molar-refractivity contribution in [3.05, 3.63) is 59.7 Å². The monoisotopic (exact) mass is 483 g/mol. The molecule has 4 N–H and O–H groups in total. The number of aliphatic hydroxyl groups is 4. The number of alkyl halides is 3. The summed E-state index contributed by atoms with van der Waals surface area (Å²) in [4.78, 5) is 1.80. The number of benzene rings is 2. The first-order chi connectivity index (χ1) is 16.2. The molecular weight excluding hydrogens is 451 g/mol. The Balaban J connectivity index is 1.36. The highest BCUT2D eigenvalue weighted by Gasteiger charge is 2.40. The number of aliphatic hydroxyl groups excluding tert-OH is 4. The van der Waals surface area contributed by atoms with Crippen LogP contribution in [0.3, 0.4) is 0 Å². The zero-order chi connectivity index (χ0) is 24.7. The van der Waals surface area contributed by atoms with Crippen molar-refractivity contribution in [2.45, 2.75) is 56.4 Å². The summed E-state index contributed by atoms with van der Waals surface area (Å²) in [6, 6.07) is 11.9. The molecule has 188 valence electrons. The summed E-state index contributed by atoms with van der Waals surface area (Å²) in [5, 5.41) is 39.1. The average molecular weight is 484 g/mol. The zero-order valence-corrected chi connectivity index (χ0v) is 18.9. The van der Waals surface area contributed by atoms with Crippen LogP contribution < -0.4 is 0 Å². The molecule has 34 heavy (non-hydrogen) atoms. The van der Waals surface area contributed by atoms with Gasteiger partial charge in [-0.25, -0.2) is 0 Å². The Morgan fingerprint density at radius 2 is 1.65 bits per heavy atom. The summed E-state index contributed by atoms with van der Waals surface area (Å²) in [6.07, 6.45) is -5.38. The lowest BCUT2D eigenvalue weighted by atomic mass is 9.94. The Labute approximate surface area is 197 Å². The van der Waals surface area contributed by atoms with Crippen molar-refractivity contribution < 1.29 is 38.3 Å². The van der Waals surface area contributed by atoms with E-state index in [4.69, 9.17) is 4.74 Å². The van der Waals surface area contributed by atoms with Crippen molar-refractivity contribution in [2.24, 2.45) is 0 Å². The smallest absolute Gasteiger partial charge is 0.395 e. The molecule has 0 aliphatic carbocycles. The normalized spacial score (nSPS) is 23.9. The summed E-state index contributed by atoms with van der Waals surface area (Å²) in [5.41, 5.74) is 1.47. The minimum absolute atomic E-state index is 0.205. The summed E-state index contributed by atoms with van der Waals surface area (Å²) >= 11 is 0. The fourth-order valence-electron chi connectivity index (χ4n) is 4.19. The van der Waals surface area contributed by atoms with E-state index in [1.165, 1.54) is 6.07 Å². The number of piperidine rings is 1. The molecule has 6 nitrogen and oxygen atoms in total. The molecule has 4 atom stereocenters. The Morgan fingerprint density at radius 1 is 0.912 bits per heavy atom. The van der Waals surface area contributed by atoms with E-state index >= 15 is 0 Å². The van der Waals surface area contributed by atoms with Crippen molar-refractivity contribution in [3.8, 4) is 11.1 Å². The maximum Gasteiger partial charge on any atom is 0.416 e. The first-order valence-electron chi connectivity index (χ1n) is 11.4. The van der Waals surface area contributed by atoms with Crippen LogP contribution >= 0.6 is 0 Å². The van der Waals surface area contributed by atoms with Crippen LogP contribution in [0.4, 0.5) is 13.2 Å². The van der Waals surface area contributed by atoms with Crippen LogP contribution in [0, 0.1) is 0 Å². The van der Waals surface area contributed by atoms with E-state index in [-0.39, 0.29) is 13.2 Å². The van der Waals surface area contributed by atoms with E-state index in [0.29, 0.717) is 30.9 Å². The van der Waals surface area contributed by atoms with Gasteiger partial charge in [0.05, 0.1) is 30.9 Å². The van der Waals surface area contributed by atoms with Crippen LogP contribution in [0.1, 0.15) is 30.4 Å². The number of β-amino-alcohol motifs (C(OH)–C–C–N with tert-alkyl or cyclic N) is 1. The van der Waals surface area contributed by atoms with Crippen LogP contribution in [0.2, 0.25) is 0 Å². The molecule has 0 aromatic heterocycles. The highest BCUT2D eigenvalue weighted by molar-refractivity contribution is 5.64. The van der Waals surface area contributed by atoms with Gasteiger partial charge >= 0.3 is 6.18 Å². The molecule has 1 aliphatic rings. The van der Waals surface area contributed by atoms with E-state index in [0.717, 1.165) is 37.0 Å². The molecule has 2 aromatic rings. The number of unbranched alkanes of at least 4 members (excludes halogenated alkanes) is 2. The third-order valence-electron chi connectivity index (χ3n) is 6.20. The molecule has 0 spiro atoms. The lowest BCUT2D eigenvalue weighted by molar-refractivity contribution is -0.145. The molecule has 1 fully saturated rings. The predicted octanol–water partition coefficient (Wildman–Crippen LogP) is 2.82. The Morgan fingerprint density at radius 3 is 2.32 bits per heavy atom. The van der Waals surface area contributed by atoms with Crippen molar-refractivity contribution in [2.75, 3.05) is 26.3 Å². The van der Waals surface area contributed by atoms with Gasteiger partial charge in [-0.1, -0.05) is 36.4 Å². The maximum absolute atomic E-state index is 12.9. The minimum atomic E-state index is -4.37. The van der Waals surface area contributed by atoms with E-state index in [2.05, 4.69) is 0 Å². The molecule has 1 aliphatic heterocycles. The number of likely N-dealkylation sites (tertiary alicyclic amines) is 1. The summed E-state index contributed by atoms with van der Waals surface area (Å²) in [6.45, 7) is 1.45. The molecule has 0 radical (unpaired) electrons. The molecule has 3 rings (SSSR count). The van der Waals surface area contributed by atoms with E-state index < -0.39 is 36.1 Å². The molecule has 9 heteroatoms. The lowest BCUT2D eigenvalue weighted by Gasteiger charge is -2.43. The molecule has 0 saturated carbocycles. The quantitative estimate of drug-likeness (QED) is 0.389. The zero-order valence-electron chi connectivity index (χ0n) is 18.9. The van der Waals surface area contributed by atoms with Crippen molar-refractivity contribution in [1.29, 1.82) is 0 Å². The third kappa shape index (κ3) is 7.00. The van der Waals surface area contributed by atoms with Crippen LogP contribution in [-0.2, 0) is 17.5 Å². The largest absolute Gasteiger partial charge is 0.416 e. The Bertz CT molecular complexity index is 893. The van der Waals surface area contributed by atoms with Crippen LogP contribution in [-0.4, -0.2) is 76.0 Å². The summed E-state index contributed by atoms with van der Waals surface area (Å²) in [7, 11) is 0. The molecule has 0 amide bonds. The molecule has 2 aromatic carbocycles. The van der Waals surface area contributed by atoms with Gasteiger partial charge in [-0.15, -0.1) is 0 Å². The molecule has 0 unspecified atom stereocenters. The van der Waals surface area contributed by atoms with Gasteiger partial charge in [0, 0.05) is 13.2 Å². The number of ether oxygens (including phenoxy) is 1. The first kappa shape index (κ1) is 26.6. The van der Waals surface area contributed by atoms with Gasteiger partial charge in [-0.3, -0.25) is 4.90 Å². The molecule has 1 heterocycles. The second kappa shape index (κ2) is 12.1. The topological polar surface area (TPSA) is 93.4 Å². The molecule has 0 bridgehead atoms. The standard InChI is InChI=1S/C25H32F3NO5/c26-25(27,28)20-6-4-5-19(13-20)18-9-7-17(8-10-18)16-34-12-3-1-2-11-29-14-22(31)24(33)23(32)21(29)15-30/h4-10,13,21-24,30-33H,1-3,11-12,14-16H2/t21-,22+,23-,24-/m1/s1. The number of hydrogen-bond acceptors (Lipinski definition) is 6. The number of rotatable bonds is 10. The van der Waals surface area contributed by atoms with E-state index in [1.807, 2.05) is 12.1 Å². The minimum Gasteiger partial charge on any atom is -0.395 e. The van der Waals surface area contributed by atoms with Gasteiger partial charge in [0.25, 0.3) is 0 Å². The van der Waals surface area contributed by atoms with Gasteiger partial charge in [0.15, 0.2) is 0 Å². The number of halogens is 3. The Hall–Kier alpha value is -2.01. The van der Waals surface area contributed by atoms with Gasteiger partial charge in [0.1, 0.15) is 12.2 Å². The molecular formula is C25H32F3NO5. The number of nitrogens with zero attached hydrogens (tertiary/aromatic N) is 1. The van der Waals surface area contributed by atoms with E-state index in [9.17, 15) is 33.6 Å². The van der Waals surface area contributed by atoms with E-state index in [1.54, 1.807) is 23.1 Å². The van der Waals surface area contributed by atoms with Gasteiger partial charge in [0.2, 0.25) is 0 Å². The predicted molar refractivity (Wildman–Crippen MR) is 121 cm³/mol. The first-order valence-corrected chi connectivity index (χ1v) is 11.4. The van der Waals surface area contributed by atoms with Gasteiger partial charge in [-0.2, -0.15) is 13.2 Å². The summed E-state index contributed by atoms with van der Waals surface area (Å²) in [5.74, 6) is 0. The maximum atomic E-state index is 12.9. The fourth-order valence-corrected chi connectivity index (χ4v) is 4.19. The Kier molecular flexibility index (Phi) is 9.47. The number of hydrogen-bond donors (Lipinski definition) is 4. The third-order valence-corrected chi connectivity index (χ3v) is 6.20. The van der Waals surface area contributed by atoms with Crippen LogP contribution in [0.5, 0.6) is 0 Å². The van der Waals surface area contributed by atoms with Gasteiger partial charge in [-0.05, 0) is 54.6 Å². The van der Waals surface area contributed by atoms with Crippen molar-refractivity contribution in [1.82, 2.24) is 4.90 Å².